The Hall–Kier alpha value is -3.48. The summed E-state index contributed by atoms with van der Waals surface area (Å²) >= 11 is 0. The zero-order valence-corrected chi connectivity index (χ0v) is 14.3. The second-order valence-corrected chi connectivity index (χ2v) is 5.89. The highest BCUT2D eigenvalue weighted by molar-refractivity contribution is 6.02. The first kappa shape index (κ1) is 17.3. The number of nitrogens with one attached hydrogen (secondary N) is 3. The molecule has 0 saturated heterocycles. The topological polar surface area (TPSA) is 86.9 Å². The fourth-order valence-corrected chi connectivity index (χ4v) is 2.61. The number of carbonyl (C=O) groups is 2. The fraction of sp³-hybridized carbons (Fsp3) is 0.105. The Labute approximate surface area is 149 Å². The fourth-order valence-electron chi connectivity index (χ4n) is 2.61. The van der Waals surface area contributed by atoms with Crippen LogP contribution in [0.25, 0.3) is 11.3 Å². The third kappa shape index (κ3) is 3.61. The van der Waals surface area contributed by atoms with Crippen LogP contribution in [0.5, 0.6) is 0 Å². The molecule has 26 heavy (non-hydrogen) atoms. The number of aromatic amines is 1. The average molecular weight is 352 g/mol. The molecule has 0 aliphatic rings. The van der Waals surface area contributed by atoms with Crippen molar-refractivity contribution in [3.05, 3.63) is 76.7 Å². The Morgan fingerprint density at radius 2 is 1.62 bits per heavy atom. The molecule has 0 bridgehead atoms. The molecule has 0 aliphatic heterocycles. The highest BCUT2D eigenvalue weighted by Crippen LogP contribution is 2.21. The van der Waals surface area contributed by atoms with Crippen molar-refractivity contribution in [1.82, 2.24) is 21.0 Å². The number of benzene rings is 2. The van der Waals surface area contributed by atoms with Gasteiger partial charge in [0, 0.05) is 11.1 Å². The van der Waals surface area contributed by atoms with Crippen LogP contribution < -0.4 is 10.9 Å². The van der Waals surface area contributed by atoms with E-state index in [1.165, 1.54) is 30.5 Å². The summed E-state index contributed by atoms with van der Waals surface area (Å²) in [6.45, 7) is 3.76. The first-order chi connectivity index (χ1) is 12.5. The van der Waals surface area contributed by atoms with Gasteiger partial charge < -0.3 is 0 Å². The van der Waals surface area contributed by atoms with E-state index in [1.54, 1.807) is 6.07 Å². The zero-order valence-electron chi connectivity index (χ0n) is 14.3. The van der Waals surface area contributed by atoms with Gasteiger partial charge in [-0.25, -0.2) is 4.39 Å². The van der Waals surface area contributed by atoms with Crippen LogP contribution in [0.3, 0.4) is 0 Å². The molecule has 3 N–H and O–H groups in total. The molecule has 0 unspecified atom stereocenters. The largest absolute Gasteiger partial charge is 0.277 e. The van der Waals surface area contributed by atoms with Gasteiger partial charge in [-0.2, -0.15) is 5.10 Å². The number of carbonyl (C=O) groups excluding carboxylic acids is 2. The van der Waals surface area contributed by atoms with Crippen LogP contribution >= 0.6 is 0 Å². The van der Waals surface area contributed by atoms with Crippen molar-refractivity contribution in [2.45, 2.75) is 13.8 Å². The maximum atomic E-state index is 13.1. The lowest BCUT2D eigenvalue weighted by Gasteiger charge is -2.10. The van der Waals surface area contributed by atoms with E-state index in [0.717, 1.165) is 11.1 Å². The van der Waals surface area contributed by atoms with E-state index in [-0.39, 0.29) is 11.4 Å². The molecule has 0 aliphatic carbocycles. The van der Waals surface area contributed by atoms with Crippen molar-refractivity contribution in [2.75, 3.05) is 0 Å². The molecule has 7 heteroatoms. The molecule has 1 heterocycles. The van der Waals surface area contributed by atoms with Crippen LogP contribution in [-0.4, -0.2) is 22.0 Å². The van der Waals surface area contributed by atoms with Gasteiger partial charge in [0.05, 0.1) is 17.5 Å². The van der Waals surface area contributed by atoms with Crippen molar-refractivity contribution in [3.63, 3.8) is 0 Å². The van der Waals surface area contributed by atoms with Gasteiger partial charge in [0.1, 0.15) is 5.82 Å². The molecule has 0 atom stereocenters. The van der Waals surface area contributed by atoms with Crippen molar-refractivity contribution < 1.29 is 14.0 Å². The third-order valence-corrected chi connectivity index (χ3v) is 3.93. The lowest BCUT2D eigenvalue weighted by Crippen LogP contribution is -2.41. The Kier molecular flexibility index (Phi) is 4.79. The van der Waals surface area contributed by atoms with E-state index in [1.807, 2.05) is 26.0 Å². The molecular formula is C19H17FN4O2. The van der Waals surface area contributed by atoms with E-state index < -0.39 is 11.8 Å². The number of H-pyrrole nitrogens is 1. The highest BCUT2D eigenvalue weighted by Gasteiger charge is 2.17. The molecule has 132 valence electrons. The lowest BCUT2D eigenvalue weighted by molar-refractivity contribution is 0.0846. The minimum absolute atomic E-state index is 0.234. The zero-order chi connectivity index (χ0) is 18.7. The Bertz CT molecular complexity index is 964. The molecule has 3 aromatic rings. The van der Waals surface area contributed by atoms with Gasteiger partial charge >= 0.3 is 0 Å². The maximum Gasteiger partial charge on any atom is 0.273 e. The van der Waals surface area contributed by atoms with Gasteiger partial charge in [-0.1, -0.05) is 17.7 Å². The van der Waals surface area contributed by atoms with E-state index >= 15 is 0 Å². The second kappa shape index (κ2) is 7.18. The van der Waals surface area contributed by atoms with Crippen molar-refractivity contribution in [3.8, 4) is 11.3 Å². The smallest absolute Gasteiger partial charge is 0.273 e. The summed E-state index contributed by atoms with van der Waals surface area (Å²) in [5.41, 5.74) is 8.38. The van der Waals surface area contributed by atoms with Gasteiger partial charge in [0.2, 0.25) is 0 Å². The van der Waals surface area contributed by atoms with Crippen LogP contribution in [0.2, 0.25) is 0 Å². The van der Waals surface area contributed by atoms with Crippen molar-refractivity contribution in [1.29, 1.82) is 0 Å². The summed E-state index contributed by atoms with van der Waals surface area (Å²) in [5, 5.41) is 6.57. The molecular weight excluding hydrogens is 335 g/mol. The van der Waals surface area contributed by atoms with Crippen LogP contribution in [-0.2, 0) is 0 Å². The molecule has 2 amide bonds. The summed E-state index contributed by atoms with van der Waals surface area (Å²) in [6, 6.07) is 11.1. The van der Waals surface area contributed by atoms with E-state index in [2.05, 4.69) is 21.0 Å². The quantitative estimate of drug-likeness (QED) is 0.634. The van der Waals surface area contributed by atoms with Crippen LogP contribution in [0.15, 0.2) is 48.7 Å². The number of hydrazine groups is 1. The van der Waals surface area contributed by atoms with Crippen molar-refractivity contribution in [2.24, 2.45) is 0 Å². The van der Waals surface area contributed by atoms with E-state index in [0.29, 0.717) is 16.8 Å². The van der Waals surface area contributed by atoms with Gasteiger partial charge in [-0.05, 0) is 49.7 Å². The SMILES string of the molecule is Cc1ccc(C(=O)NNC(=O)c2cn[nH]c2-c2ccc(F)cc2)c(C)c1. The van der Waals surface area contributed by atoms with Gasteiger partial charge in [0.25, 0.3) is 11.8 Å². The number of rotatable bonds is 3. The first-order valence-electron chi connectivity index (χ1n) is 7.93. The van der Waals surface area contributed by atoms with Crippen LogP contribution in [0.4, 0.5) is 4.39 Å². The standard InChI is InChI=1S/C19H17FN4O2/c1-11-3-8-15(12(2)9-11)18(25)23-24-19(26)16-10-21-22-17(16)13-4-6-14(20)7-5-13/h3-10H,1-2H3,(H,21,22)(H,23,25)(H,24,26). The molecule has 0 saturated carbocycles. The normalized spacial score (nSPS) is 10.4. The highest BCUT2D eigenvalue weighted by atomic mass is 19.1. The molecule has 0 radical (unpaired) electrons. The maximum absolute atomic E-state index is 13.1. The molecule has 6 nitrogen and oxygen atoms in total. The van der Waals surface area contributed by atoms with E-state index in [4.69, 9.17) is 0 Å². The summed E-state index contributed by atoms with van der Waals surface area (Å²) in [4.78, 5) is 24.6. The predicted molar refractivity (Wildman–Crippen MR) is 94.8 cm³/mol. The monoisotopic (exact) mass is 352 g/mol. The number of aromatic nitrogens is 2. The van der Waals surface area contributed by atoms with Gasteiger partial charge in [-0.15, -0.1) is 0 Å². The first-order valence-corrected chi connectivity index (χ1v) is 7.93. The van der Waals surface area contributed by atoms with Gasteiger partial charge in [-0.3, -0.25) is 25.5 Å². The lowest BCUT2D eigenvalue weighted by atomic mass is 10.1. The summed E-state index contributed by atoms with van der Waals surface area (Å²) < 4.78 is 13.1. The Balaban J connectivity index is 1.72. The average Bonchev–Trinajstić information content (AvgIpc) is 3.10. The van der Waals surface area contributed by atoms with E-state index in [9.17, 15) is 14.0 Å². The minimum Gasteiger partial charge on any atom is -0.277 e. The Morgan fingerprint density at radius 1 is 0.962 bits per heavy atom. The van der Waals surface area contributed by atoms with Crippen LogP contribution in [0.1, 0.15) is 31.8 Å². The molecule has 0 spiro atoms. The number of hydrogen-bond acceptors (Lipinski definition) is 3. The third-order valence-electron chi connectivity index (χ3n) is 3.93. The molecule has 1 aromatic heterocycles. The molecule has 3 rings (SSSR count). The summed E-state index contributed by atoms with van der Waals surface area (Å²) in [6.07, 6.45) is 1.34. The summed E-state index contributed by atoms with van der Waals surface area (Å²) in [5.74, 6) is -1.32. The number of halogens is 1. The second-order valence-electron chi connectivity index (χ2n) is 5.89. The Morgan fingerprint density at radius 3 is 2.27 bits per heavy atom. The molecule has 0 fully saturated rings. The minimum atomic E-state index is -0.531. The predicted octanol–water partition coefficient (Wildman–Crippen LogP) is 2.91. The number of hydrogen-bond donors (Lipinski definition) is 3. The molecule has 2 aromatic carbocycles. The van der Waals surface area contributed by atoms with Crippen LogP contribution in [0, 0.1) is 19.7 Å². The summed E-state index contributed by atoms with van der Waals surface area (Å²) in [7, 11) is 0. The number of nitrogens with zero attached hydrogens (tertiary/aromatic N) is 1. The number of aryl methyl sites for hydroxylation is 2. The number of amides is 2. The van der Waals surface area contributed by atoms with Gasteiger partial charge in [0.15, 0.2) is 0 Å². The van der Waals surface area contributed by atoms with Crippen molar-refractivity contribution >= 4 is 11.8 Å².